The van der Waals surface area contributed by atoms with Crippen molar-refractivity contribution in [2.45, 2.75) is 31.5 Å². The number of carbonyl (C=O) groups excluding carboxylic acids is 1. The van der Waals surface area contributed by atoms with Gasteiger partial charge in [0.05, 0.1) is 6.10 Å². The molecule has 2 aliphatic rings. The van der Waals surface area contributed by atoms with E-state index in [0.29, 0.717) is 16.6 Å². The highest BCUT2D eigenvalue weighted by molar-refractivity contribution is 6.30. The van der Waals surface area contributed by atoms with Crippen molar-refractivity contribution < 1.29 is 9.53 Å². The van der Waals surface area contributed by atoms with E-state index in [1.807, 2.05) is 58.3 Å². The molecule has 0 aromatic heterocycles. The molecular formula is C22H24Cl2N2O2. The average molecular weight is 419 g/mol. The third-order valence-electron chi connectivity index (χ3n) is 5.47. The number of carbonyl (C=O) groups is 1. The van der Waals surface area contributed by atoms with Crippen LogP contribution >= 0.6 is 23.2 Å². The van der Waals surface area contributed by atoms with Crippen LogP contribution in [0, 0.1) is 0 Å². The largest absolute Gasteiger partial charge is 0.364 e. The van der Waals surface area contributed by atoms with E-state index >= 15 is 0 Å². The lowest BCUT2D eigenvalue weighted by Gasteiger charge is -2.26. The van der Waals surface area contributed by atoms with E-state index in [1.165, 1.54) is 0 Å². The summed E-state index contributed by atoms with van der Waals surface area (Å²) in [5.41, 5.74) is 2.08. The molecule has 0 bridgehead atoms. The SMILES string of the molecule is O=C(N1CCCC1)N1CC[C@@H](OC(c2ccc(Cl)cc2)c2ccc(Cl)cc2)C1. The van der Waals surface area contributed by atoms with E-state index in [4.69, 9.17) is 27.9 Å². The van der Waals surface area contributed by atoms with Crippen LogP contribution in [0.2, 0.25) is 10.0 Å². The Hall–Kier alpha value is -1.75. The number of amides is 2. The zero-order chi connectivity index (χ0) is 19.5. The van der Waals surface area contributed by atoms with Gasteiger partial charge in [-0.25, -0.2) is 4.79 Å². The van der Waals surface area contributed by atoms with Crippen molar-refractivity contribution in [3.05, 3.63) is 69.7 Å². The first-order valence-electron chi connectivity index (χ1n) is 9.80. The van der Waals surface area contributed by atoms with Crippen molar-refractivity contribution in [2.24, 2.45) is 0 Å². The third kappa shape index (κ3) is 4.45. The average Bonchev–Trinajstić information content (AvgIpc) is 3.40. The fraction of sp³-hybridized carbons (Fsp3) is 0.409. The van der Waals surface area contributed by atoms with E-state index in [2.05, 4.69) is 0 Å². The van der Waals surface area contributed by atoms with Crippen molar-refractivity contribution >= 4 is 29.2 Å². The molecule has 1 atom stereocenters. The molecule has 4 nitrogen and oxygen atoms in total. The minimum Gasteiger partial charge on any atom is -0.364 e. The third-order valence-corrected chi connectivity index (χ3v) is 5.97. The summed E-state index contributed by atoms with van der Waals surface area (Å²) in [6, 6.07) is 15.6. The number of benzene rings is 2. The second-order valence-corrected chi connectivity index (χ2v) is 8.33. The molecule has 2 fully saturated rings. The summed E-state index contributed by atoms with van der Waals surface area (Å²) < 4.78 is 6.51. The summed E-state index contributed by atoms with van der Waals surface area (Å²) in [5, 5.41) is 1.39. The second-order valence-electron chi connectivity index (χ2n) is 7.45. The number of urea groups is 1. The van der Waals surface area contributed by atoms with Gasteiger partial charge < -0.3 is 14.5 Å². The van der Waals surface area contributed by atoms with Crippen LogP contribution in [-0.2, 0) is 4.74 Å². The van der Waals surface area contributed by atoms with Crippen LogP contribution in [0.15, 0.2) is 48.5 Å². The monoisotopic (exact) mass is 418 g/mol. The molecule has 2 amide bonds. The van der Waals surface area contributed by atoms with Crippen molar-refractivity contribution in [1.82, 2.24) is 9.80 Å². The van der Waals surface area contributed by atoms with Gasteiger partial charge in [-0.2, -0.15) is 0 Å². The number of rotatable bonds is 4. The van der Waals surface area contributed by atoms with E-state index in [-0.39, 0.29) is 18.2 Å². The minimum absolute atomic E-state index is 0.00269. The van der Waals surface area contributed by atoms with Gasteiger partial charge in [0.15, 0.2) is 0 Å². The summed E-state index contributed by atoms with van der Waals surface area (Å²) in [6.07, 6.45) is 2.84. The van der Waals surface area contributed by atoms with Gasteiger partial charge in [-0.1, -0.05) is 47.5 Å². The van der Waals surface area contributed by atoms with E-state index < -0.39 is 0 Å². The maximum Gasteiger partial charge on any atom is 0.320 e. The molecule has 0 radical (unpaired) electrons. The van der Waals surface area contributed by atoms with Crippen LogP contribution in [-0.4, -0.2) is 48.1 Å². The highest BCUT2D eigenvalue weighted by Gasteiger charge is 2.32. The molecule has 6 heteroatoms. The molecular weight excluding hydrogens is 395 g/mol. The van der Waals surface area contributed by atoms with Gasteiger partial charge in [0.2, 0.25) is 0 Å². The van der Waals surface area contributed by atoms with Crippen LogP contribution in [0.4, 0.5) is 4.79 Å². The van der Waals surface area contributed by atoms with Crippen molar-refractivity contribution in [1.29, 1.82) is 0 Å². The lowest BCUT2D eigenvalue weighted by molar-refractivity contribution is 0.0153. The molecule has 0 saturated carbocycles. The molecule has 2 aliphatic heterocycles. The van der Waals surface area contributed by atoms with Crippen LogP contribution in [0.1, 0.15) is 36.5 Å². The molecule has 4 rings (SSSR count). The Morgan fingerprint density at radius 3 is 1.93 bits per heavy atom. The van der Waals surface area contributed by atoms with Gasteiger partial charge in [-0.05, 0) is 54.7 Å². The minimum atomic E-state index is -0.221. The van der Waals surface area contributed by atoms with Gasteiger partial charge in [-0.3, -0.25) is 0 Å². The number of hydrogen-bond donors (Lipinski definition) is 0. The topological polar surface area (TPSA) is 32.8 Å². The number of hydrogen-bond acceptors (Lipinski definition) is 2. The highest BCUT2D eigenvalue weighted by Crippen LogP contribution is 2.31. The second kappa shape index (κ2) is 8.73. The molecule has 148 valence electrons. The standard InChI is InChI=1S/C22H24Cl2N2O2/c23-18-7-3-16(4-8-18)21(17-5-9-19(24)10-6-17)28-20-11-14-26(15-20)22(27)25-12-1-2-13-25/h3-10,20-21H,1-2,11-15H2/t20-/m1/s1. The lowest BCUT2D eigenvalue weighted by Crippen LogP contribution is -2.41. The summed E-state index contributed by atoms with van der Waals surface area (Å²) in [5.74, 6) is 0. The van der Waals surface area contributed by atoms with Crippen LogP contribution in [0.25, 0.3) is 0 Å². The lowest BCUT2D eigenvalue weighted by atomic mass is 10.0. The first-order valence-corrected chi connectivity index (χ1v) is 10.6. The van der Waals surface area contributed by atoms with Crippen LogP contribution in [0.3, 0.4) is 0 Å². The number of likely N-dealkylation sites (tertiary alicyclic amines) is 2. The first-order chi connectivity index (χ1) is 13.6. The maximum absolute atomic E-state index is 12.7. The molecule has 2 saturated heterocycles. The Balaban J connectivity index is 1.49. The molecule has 0 unspecified atom stereocenters. The van der Waals surface area contributed by atoms with Gasteiger partial charge in [-0.15, -0.1) is 0 Å². The Kier molecular flexibility index (Phi) is 6.10. The summed E-state index contributed by atoms with van der Waals surface area (Å²) in [7, 11) is 0. The maximum atomic E-state index is 12.7. The fourth-order valence-electron chi connectivity index (χ4n) is 3.94. The molecule has 2 aromatic carbocycles. The van der Waals surface area contributed by atoms with E-state index in [1.54, 1.807) is 0 Å². The molecule has 2 heterocycles. The summed E-state index contributed by atoms with van der Waals surface area (Å²) in [4.78, 5) is 16.5. The van der Waals surface area contributed by atoms with Gasteiger partial charge >= 0.3 is 6.03 Å². The van der Waals surface area contributed by atoms with Crippen LogP contribution < -0.4 is 0 Å². The van der Waals surface area contributed by atoms with Gasteiger partial charge in [0, 0.05) is 36.2 Å². The Bertz CT molecular complexity index is 759. The zero-order valence-corrected chi connectivity index (χ0v) is 17.2. The van der Waals surface area contributed by atoms with Crippen molar-refractivity contribution in [3.63, 3.8) is 0 Å². The number of ether oxygens (including phenoxy) is 1. The Morgan fingerprint density at radius 1 is 0.857 bits per heavy atom. The molecule has 28 heavy (non-hydrogen) atoms. The van der Waals surface area contributed by atoms with Gasteiger partial charge in [0.1, 0.15) is 6.10 Å². The normalized spacial score (nSPS) is 19.6. The summed E-state index contributed by atoms with van der Waals surface area (Å²) in [6.45, 7) is 3.12. The highest BCUT2D eigenvalue weighted by atomic mass is 35.5. The number of halogens is 2. The predicted molar refractivity (Wildman–Crippen MR) is 112 cm³/mol. The molecule has 0 aliphatic carbocycles. The number of nitrogens with zero attached hydrogens (tertiary/aromatic N) is 2. The Labute approximate surface area is 176 Å². The van der Waals surface area contributed by atoms with E-state index in [0.717, 1.165) is 50.0 Å². The fourth-order valence-corrected chi connectivity index (χ4v) is 4.19. The van der Waals surface area contributed by atoms with Gasteiger partial charge in [0.25, 0.3) is 0 Å². The first kappa shape index (κ1) is 19.6. The molecule has 2 aromatic rings. The predicted octanol–water partition coefficient (Wildman–Crippen LogP) is 5.39. The zero-order valence-electron chi connectivity index (χ0n) is 15.7. The quantitative estimate of drug-likeness (QED) is 0.666. The smallest absolute Gasteiger partial charge is 0.320 e. The Morgan fingerprint density at radius 2 is 1.39 bits per heavy atom. The molecule has 0 N–H and O–H groups in total. The van der Waals surface area contributed by atoms with Crippen LogP contribution in [0.5, 0.6) is 0 Å². The summed E-state index contributed by atoms with van der Waals surface area (Å²) >= 11 is 12.1. The molecule has 0 spiro atoms. The van der Waals surface area contributed by atoms with Crippen molar-refractivity contribution in [3.8, 4) is 0 Å². The van der Waals surface area contributed by atoms with E-state index in [9.17, 15) is 4.79 Å². The van der Waals surface area contributed by atoms with Crippen molar-refractivity contribution in [2.75, 3.05) is 26.2 Å².